The zero-order chi connectivity index (χ0) is 15.0. The summed E-state index contributed by atoms with van der Waals surface area (Å²) in [5.41, 5.74) is 1.25. The molecular weight excluding hydrogens is 288 g/mol. The standard InChI is InChI=1S/C15H20N2O3S/c1-9-12-5-7-21-13(12)4-6-17(9)15(20)16-11-3-2-10(8-11)14(18)19/h5,7,9-11H,2-4,6,8H2,1H3,(H,16,20)(H,18,19). The maximum Gasteiger partial charge on any atom is 0.318 e. The smallest absolute Gasteiger partial charge is 0.318 e. The van der Waals surface area contributed by atoms with E-state index in [-0.39, 0.29) is 24.0 Å². The van der Waals surface area contributed by atoms with E-state index in [4.69, 9.17) is 5.11 Å². The van der Waals surface area contributed by atoms with Crippen LogP contribution in [0.1, 0.15) is 42.7 Å². The van der Waals surface area contributed by atoms with Crippen molar-refractivity contribution in [2.24, 2.45) is 5.92 Å². The average Bonchev–Trinajstić information content (AvgIpc) is 3.07. The van der Waals surface area contributed by atoms with Crippen LogP contribution in [0.5, 0.6) is 0 Å². The summed E-state index contributed by atoms with van der Waals surface area (Å²) < 4.78 is 0. The molecule has 21 heavy (non-hydrogen) atoms. The number of nitrogens with zero attached hydrogens (tertiary/aromatic N) is 1. The number of carboxylic acids is 1. The van der Waals surface area contributed by atoms with Crippen LogP contribution in [0.2, 0.25) is 0 Å². The summed E-state index contributed by atoms with van der Waals surface area (Å²) in [6, 6.07) is 2.13. The first kappa shape index (κ1) is 14.4. The van der Waals surface area contributed by atoms with Crippen LogP contribution in [-0.4, -0.2) is 34.6 Å². The Kier molecular flexibility index (Phi) is 3.89. The van der Waals surface area contributed by atoms with Crippen LogP contribution >= 0.6 is 11.3 Å². The molecule has 1 aliphatic carbocycles. The number of nitrogens with one attached hydrogen (secondary N) is 1. The van der Waals surface area contributed by atoms with Crippen LogP contribution in [-0.2, 0) is 11.2 Å². The fourth-order valence-corrected chi connectivity index (χ4v) is 4.34. The van der Waals surface area contributed by atoms with E-state index in [2.05, 4.69) is 23.7 Å². The lowest BCUT2D eigenvalue weighted by Crippen LogP contribution is -2.47. The Bertz CT molecular complexity index is 557. The SMILES string of the molecule is CC1c2ccsc2CCN1C(=O)NC1CCC(C(=O)O)C1. The highest BCUT2D eigenvalue weighted by molar-refractivity contribution is 7.10. The highest BCUT2D eigenvalue weighted by Gasteiger charge is 2.33. The zero-order valence-electron chi connectivity index (χ0n) is 12.0. The molecule has 3 rings (SSSR count). The lowest BCUT2D eigenvalue weighted by molar-refractivity contribution is -0.141. The third kappa shape index (κ3) is 2.77. The Morgan fingerprint density at radius 2 is 2.24 bits per heavy atom. The largest absolute Gasteiger partial charge is 0.481 e. The maximum absolute atomic E-state index is 12.4. The predicted octanol–water partition coefficient (Wildman–Crippen LogP) is 2.63. The van der Waals surface area contributed by atoms with Crippen molar-refractivity contribution in [1.82, 2.24) is 10.2 Å². The van der Waals surface area contributed by atoms with Crippen LogP contribution in [0, 0.1) is 5.92 Å². The maximum atomic E-state index is 12.4. The van der Waals surface area contributed by atoms with Crippen molar-refractivity contribution >= 4 is 23.3 Å². The summed E-state index contributed by atoms with van der Waals surface area (Å²) in [4.78, 5) is 26.7. The van der Waals surface area contributed by atoms with Gasteiger partial charge >= 0.3 is 12.0 Å². The minimum atomic E-state index is -0.749. The van der Waals surface area contributed by atoms with Crippen molar-refractivity contribution in [1.29, 1.82) is 0 Å². The van der Waals surface area contributed by atoms with Gasteiger partial charge in [-0.2, -0.15) is 0 Å². The number of hydrogen-bond acceptors (Lipinski definition) is 3. The third-order valence-corrected chi connectivity index (χ3v) is 5.64. The number of carbonyl (C=O) groups is 2. The number of carboxylic acid groups (broad SMARTS) is 1. The average molecular weight is 308 g/mol. The van der Waals surface area contributed by atoms with Gasteiger partial charge in [0.05, 0.1) is 12.0 Å². The molecule has 1 aromatic heterocycles. The first-order chi connectivity index (χ1) is 10.1. The van der Waals surface area contributed by atoms with E-state index in [1.54, 1.807) is 11.3 Å². The van der Waals surface area contributed by atoms with E-state index in [1.807, 2.05) is 4.90 Å². The Morgan fingerprint density at radius 1 is 1.43 bits per heavy atom. The number of amides is 2. The van der Waals surface area contributed by atoms with Crippen LogP contribution in [0.25, 0.3) is 0 Å². The summed E-state index contributed by atoms with van der Waals surface area (Å²) in [7, 11) is 0. The molecule has 1 aliphatic heterocycles. The third-order valence-electron chi connectivity index (χ3n) is 4.65. The second kappa shape index (κ2) is 5.67. The molecule has 0 saturated heterocycles. The fourth-order valence-electron chi connectivity index (χ4n) is 3.38. The first-order valence-electron chi connectivity index (χ1n) is 7.42. The van der Waals surface area contributed by atoms with Gasteiger partial charge < -0.3 is 15.3 Å². The number of aliphatic carboxylic acids is 1. The van der Waals surface area contributed by atoms with Crippen molar-refractivity contribution in [3.63, 3.8) is 0 Å². The second-order valence-electron chi connectivity index (χ2n) is 5.91. The number of thiophene rings is 1. The molecule has 114 valence electrons. The summed E-state index contributed by atoms with van der Waals surface area (Å²) in [6.45, 7) is 2.79. The highest BCUT2D eigenvalue weighted by atomic mass is 32.1. The van der Waals surface area contributed by atoms with Crippen molar-refractivity contribution in [2.45, 2.75) is 44.7 Å². The quantitative estimate of drug-likeness (QED) is 0.882. The molecule has 6 heteroatoms. The van der Waals surface area contributed by atoms with Gasteiger partial charge in [0.15, 0.2) is 0 Å². The van der Waals surface area contributed by atoms with Gasteiger partial charge in [0, 0.05) is 17.5 Å². The van der Waals surface area contributed by atoms with Crippen LogP contribution < -0.4 is 5.32 Å². The normalized spacial score (nSPS) is 28.2. The minimum absolute atomic E-state index is 0.00493. The molecule has 0 radical (unpaired) electrons. The monoisotopic (exact) mass is 308 g/mol. The van der Waals surface area contributed by atoms with Gasteiger partial charge in [0.2, 0.25) is 0 Å². The van der Waals surface area contributed by atoms with Gasteiger partial charge in [-0.3, -0.25) is 4.79 Å². The highest BCUT2D eigenvalue weighted by Crippen LogP contribution is 2.33. The van der Waals surface area contributed by atoms with E-state index >= 15 is 0 Å². The predicted molar refractivity (Wildman–Crippen MR) is 80.4 cm³/mol. The molecule has 0 aromatic carbocycles. The molecule has 3 atom stereocenters. The fraction of sp³-hybridized carbons (Fsp3) is 0.600. The molecule has 1 saturated carbocycles. The molecule has 3 unspecified atom stereocenters. The van der Waals surface area contributed by atoms with Gasteiger partial charge in [0.25, 0.3) is 0 Å². The lowest BCUT2D eigenvalue weighted by Gasteiger charge is -2.34. The molecule has 2 heterocycles. The number of rotatable bonds is 2. The van der Waals surface area contributed by atoms with Gasteiger partial charge in [-0.1, -0.05) is 0 Å². The van der Waals surface area contributed by atoms with Gasteiger partial charge in [-0.15, -0.1) is 11.3 Å². The Balaban J connectivity index is 1.61. The van der Waals surface area contributed by atoms with E-state index in [9.17, 15) is 9.59 Å². The van der Waals surface area contributed by atoms with Crippen LogP contribution in [0.4, 0.5) is 4.79 Å². The Labute approximate surface area is 128 Å². The number of urea groups is 1. The summed E-state index contributed by atoms with van der Waals surface area (Å²) in [5, 5.41) is 14.1. The Hall–Kier alpha value is -1.56. The zero-order valence-corrected chi connectivity index (χ0v) is 12.9. The van der Waals surface area contributed by atoms with E-state index in [0.717, 1.165) is 19.4 Å². The van der Waals surface area contributed by atoms with E-state index in [0.29, 0.717) is 12.8 Å². The van der Waals surface area contributed by atoms with Gasteiger partial charge in [0.1, 0.15) is 0 Å². The molecule has 2 amide bonds. The van der Waals surface area contributed by atoms with E-state index < -0.39 is 5.97 Å². The number of fused-ring (bicyclic) bond motifs is 1. The number of carbonyl (C=O) groups excluding carboxylic acids is 1. The molecule has 5 nitrogen and oxygen atoms in total. The van der Waals surface area contributed by atoms with E-state index in [1.165, 1.54) is 10.4 Å². The number of hydrogen-bond donors (Lipinski definition) is 2. The van der Waals surface area contributed by atoms with Crippen molar-refractivity contribution in [3.8, 4) is 0 Å². The summed E-state index contributed by atoms with van der Waals surface area (Å²) >= 11 is 1.76. The summed E-state index contributed by atoms with van der Waals surface area (Å²) in [5.74, 6) is -1.06. The van der Waals surface area contributed by atoms with Crippen molar-refractivity contribution in [3.05, 3.63) is 21.9 Å². The molecular formula is C15H20N2O3S. The molecule has 2 N–H and O–H groups in total. The first-order valence-corrected chi connectivity index (χ1v) is 8.30. The second-order valence-corrected chi connectivity index (χ2v) is 6.91. The minimum Gasteiger partial charge on any atom is -0.481 e. The van der Waals surface area contributed by atoms with Crippen LogP contribution in [0.3, 0.4) is 0 Å². The molecule has 1 aromatic rings. The molecule has 0 spiro atoms. The topological polar surface area (TPSA) is 69.6 Å². The Morgan fingerprint density at radius 3 is 2.95 bits per heavy atom. The molecule has 1 fully saturated rings. The van der Waals surface area contributed by atoms with Crippen LogP contribution in [0.15, 0.2) is 11.4 Å². The molecule has 0 bridgehead atoms. The summed E-state index contributed by atoms with van der Waals surface area (Å²) in [6.07, 6.45) is 2.87. The molecule has 2 aliphatic rings. The lowest BCUT2D eigenvalue weighted by atomic mass is 10.0. The van der Waals surface area contributed by atoms with Crippen molar-refractivity contribution in [2.75, 3.05) is 6.54 Å². The van der Waals surface area contributed by atoms with Gasteiger partial charge in [-0.05, 0) is 49.6 Å². The van der Waals surface area contributed by atoms with Crippen molar-refractivity contribution < 1.29 is 14.7 Å². The van der Waals surface area contributed by atoms with Gasteiger partial charge in [-0.25, -0.2) is 4.79 Å².